The molecule has 1 rings (SSSR count). The highest BCUT2D eigenvalue weighted by Gasteiger charge is 2.02. The summed E-state index contributed by atoms with van der Waals surface area (Å²) in [5, 5.41) is 3.29. The summed E-state index contributed by atoms with van der Waals surface area (Å²) in [5.74, 6) is 0.440. The minimum atomic E-state index is -3.15. The fourth-order valence-corrected chi connectivity index (χ4v) is 0.900. The van der Waals surface area contributed by atoms with Gasteiger partial charge in [0.25, 0.3) is 0 Å². The highest BCUT2D eigenvalue weighted by molar-refractivity contribution is 7.88. The van der Waals surface area contributed by atoms with Crippen LogP contribution in [-0.4, -0.2) is 19.8 Å². The van der Waals surface area contributed by atoms with Crippen LogP contribution < -0.4 is 4.72 Å². The van der Waals surface area contributed by atoms with Crippen molar-refractivity contribution >= 4 is 10.0 Å². The second-order valence-electron chi connectivity index (χ2n) is 2.02. The Hall–Kier alpha value is -0.880. The molecule has 0 unspecified atom stereocenters. The van der Waals surface area contributed by atoms with Gasteiger partial charge in [0.15, 0.2) is 5.76 Å². The lowest BCUT2D eigenvalue weighted by atomic mass is 10.5. The number of rotatable bonds is 3. The van der Waals surface area contributed by atoms with E-state index in [0.29, 0.717) is 5.76 Å². The van der Waals surface area contributed by atoms with Crippen molar-refractivity contribution in [1.29, 1.82) is 0 Å². The molecule has 0 spiro atoms. The first-order chi connectivity index (χ1) is 5.08. The van der Waals surface area contributed by atoms with Crippen molar-refractivity contribution in [3.05, 3.63) is 18.0 Å². The third kappa shape index (κ3) is 3.15. The molecule has 0 saturated carbocycles. The van der Waals surface area contributed by atoms with Crippen LogP contribution in [0.5, 0.6) is 0 Å². The van der Waals surface area contributed by atoms with Crippen molar-refractivity contribution in [2.24, 2.45) is 0 Å². The average molecular weight is 175 g/mol. The molecule has 0 aliphatic rings. The third-order valence-corrected chi connectivity index (χ3v) is 1.62. The molecule has 0 fully saturated rings. The lowest BCUT2D eigenvalue weighted by Gasteiger charge is -1.95. The Bertz CT molecular complexity index is 302. The van der Waals surface area contributed by atoms with Gasteiger partial charge in [0.2, 0.25) is 10.0 Å². The molecule has 0 atom stereocenters. The summed E-state index contributed by atoms with van der Waals surface area (Å²) in [5.41, 5.74) is 0. The molecule has 1 aromatic rings. The zero-order chi connectivity index (χ0) is 8.32. The van der Waals surface area contributed by atoms with Crippen LogP contribution >= 0.6 is 0 Å². The van der Waals surface area contributed by atoms with Crippen molar-refractivity contribution in [2.75, 3.05) is 6.26 Å². The maximum absolute atomic E-state index is 10.5. The highest BCUT2D eigenvalue weighted by atomic mass is 32.2. The number of hydrogen-bond acceptors (Lipinski definition) is 4. The molecular weight excluding hydrogens is 168 g/mol. The van der Waals surface area contributed by atoms with E-state index >= 15 is 0 Å². The molecule has 0 bridgehead atoms. The molecule has 0 aliphatic heterocycles. The monoisotopic (exact) mass is 175 g/mol. The number of aromatic nitrogens is 1. The second-order valence-corrected chi connectivity index (χ2v) is 3.85. The molecule has 1 heterocycles. The van der Waals surface area contributed by atoms with Crippen LogP contribution in [0.2, 0.25) is 0 Å². The summed E-state index contributed by atoms with van der Waals surface area (Å²) < 4.78 is 27.9. The summed E-state index contributed by atoms with van der Waals surface area (Å²) in [6.07, 6.45) is 3.49. The Morgan fingerprint density at radius 1 is 1.82 bits per heavy atom. The van der Waals surface area contributed by atoms with Crippen LogP contribution in [0.3, 0.4) is 0 Å². The van der Waals surface area contributed by atoms with Crippen LogP contribution in [0.4, 0.5) is 0 Å². The Morgan fingerprint density at radius 2 is 2.55 bits per heavy atom. The molecule has 1 aromatic heterocycles. The van der Waals surface area contributed by atoms with Gasteiger partial charge >= 0.3 is 0 Å². The summed E-state index contributed by atoms with van der Waals surface area (Å²) in [6.45, 7) is 0.120. The molecule has 0 aromatic carbocycles. The number of hydrogen-bond donors (Lipinski definition) is 1. The van der Waals surface area contributed by atoms with E-state index in [4.69, 9.17) is 0 Å². The molecule has 61 valence electrons. The summed E-state index contributed by atoms with van der Waals surface area (Å²) in [4.78, 5) is 0. The first kappa shape index (κ1) is 8.22. The van der Waals surface area contributed by atoms with Gasteiger partial charge in [-0.3, -0.25) is 0 Å². The molecule has 0 aliphatic carbocycles. The molecule has 1 radical (unpaired) electrons. The molecular formula is C5H7N2O3S. The topological polar surface area (TPSA) is 72.2 Å². The summed E-state index contributed by atoms with van der Waals surface area (Å²) >= 11 is 0. The van der Waals surface area contributed by atoms with E-state index in [-0.39, 0.29) is 6.54 Å². The van der Waals surface area contributed by atoms with E-state index in [1.807, 2.05) is 0 Å². The summed E-state index contributed by atoms with van der Waals surface area (Å²) in [7, 11) is -3.15. The molecule has 5 nitrogen and oxygen atoms in total. The van der Waals surface area contributed by atoms with Crippen LogP contribution in [0.1, 0.15) is 5.76 Å². The van der Waals surface area contributed by atoms with Gasteiger partial charge in [-0.15, -0.1) is 0 Å². The fraction of sp³-hybridized carbons (Fsp3) is 0.400. The minimum Gasteiger partial charge on any atom is -0.359 e. The first-order valence-electron chi connectivity index (χ1n) is 2.84. The molecule has 0 amide bonds. The maximum Gasteiger partial charge on any atom is 0.209 e. The van der Waals surface area contributed by atoms with Crippen molar-refractivity contribution in [3.63, 3.8) is 0 Å². The van der Waals surface area contributed by atoms with Crippen LogP contribution in [-0.2, 0) is 16.6 Å². The molecule has 1 N–H and O–H groups in total. The van der Waals surface area contributed by atoms with Gasteiger partial charge in [-0.25, -0.2) is 13.1 Å². The van der Waals surface area contributed by atoms with Crippen LogP contribution in [0.15, 0.2) is 10.6 Å². The predicted octanol–water partition coefficient (Wildman–Crippen LogP) is -0.476. The van der Waals surface area contributed by atoms with Crippen LogP contribution in [0, 0.1) is 6.20 Å². The Labute approximate surface area is 64.4 Å². The van der Waals surface area contributed by atoms with Crippen molar-refractivity contribution in [3.8, 4) is 0 Å². The fourth-order valence-electron chi connectivity index (χ4n) is 0.495. The van der Waals surface area contributed by atoms with Crippen molar-refractivity contribution in [2.45, 2.75) is 6.54 Å². The second kappa shape index (κ2) is 3.02. The minimum absolute atomic E-state index is 0.120. The third-order valence-electron chi connectivity index (χ3n) is 0.950. The number of sulfonamides is 1. The number of nitrogens with one attached hydrogen (secondary N) is 1. The zero-order valence-corrected chi connectivity index (χ0v) is 6.68. The predicted molar refractivity (Wildman–Crippen MR) is 37.0 cm³/mol. The smallest absolute Gasteiger partial charge is 0.209 e. The van der Waals surface area contributed by atoms with Gasteiger partial charge in [-0.1, -0.05) is 5.16 Å². The lowest BCUT2D eigenvalue weighted by molar-refractivity contribution is 0.379. The van der Waals surface area contributed by atoms with E-state index in [1.165, 1.54) is 6.07 Å². The Balaban J connectivity index is 2.48. The average Bonchev–Trinajstić information content (AvgIpc) is 2.32. The standard InChI is InChI=1S/C5H7N2O3S/c1-11(8,9)7-4-5-2-3-6-10-5/h2,7H,4H2,1H3. The largest absolute Gasteiger partial charge is 0.359 e. The van der Waals surface area contributed by atoms with Gasteiger partial charge in [-0.05, 0) is 0 Å². The van der Waals surface area contributed by atoms with Crippen molar-refractivity contribution < 1.29 is 12.9 Å². The first-order valence-corrected chi connectivity index (χ1v) is 4.73. The molecule has 6 heteroatoms. The van der Waals surface area contributed by atoms with Gasteiger partial charge in [0, 0.05) is 6.07 Å². The maximum atomic E-state index is 10.5. The highest BCUT2D eigenvalue weighted by Crippen LogP contribution is 1.94. The summed E-state index contributed by atoms with van der Waals surface area (Å²) in [6, 6.07) is 1.47. The van der Waals surface area contributed by atoms with E-state index in [9.17, 15) is 8.42 Å². The van der Waals surface area contributed by atoms with E-state index < -0.39 is 10.0 Å². The molecule has 11 heavy (non-hydrogen) atoms. The lowest BCUT2D eigenvalue weighted by Crippen LogP contribution is -2.20. The number of nitrogens with zero attached hydrogens (tertiary/aromatic N) is 1. The van der Waals surface area contributed by atoms with Gasteiger partial charge in [-0.2, -0.15) is 0 Å². The Morgan fingerprint density at radius 3 is 3.00 bits per heavy atom. The van der Waals surface area contributed by atoms with Gasteiger partial charge in [0.05, 0.1) is 12.8 Å². The van der Waals surface area contributed by atoms with Gasteiger partial charge < -0.3 is 4.52 Å². The molecule has 0 saturated heterocycles. The van der Waals surface area contributed by atoms with E-state index in [1.54, 1.807) is 0 Å². The quantitative estimate of drug-likeness (QED) is 0.673. The SMILES string of the molecule is CS(=O)(=O)NCc1c[c]no1. The van der Waals surface area contributed by atoms with E-state index in [0.717, 1.165) is 6.26 Å². The van der Waals surface area contributed by atoms with Crippen LogP contribution in [0.25, 0.3) is 0 Å². The zero-order valence-electron chi connectivity index (χ0n) is 5.86. The normalized spacial score (nSPS) is 11.7. The van der Waals surface area contributed by atoms with Gasteiger partial charge in [0.1, 0.15) is 6.20 Å². The van der Waals surface area contributed by atoms with Crippen molar-refractivity contribution in [1.82, 2.24) is 9.88 Å². The Kier molecular flexibility index (Phi) is 2.25. The van der Waals surface area contributed by atoms with E-state index in [2.05, 4.69) is 20.6 Å².